The smallest absolute Gasteiger partial charge is 0.357 e. The Hall–Kier alpha value is -3.79. The summed E-state index contributed by atoms with van der Waals surface area (Å²) in [6, 6.07) is 14.4. The van der Waals surface area contributed by atoms with Gasteiger partial charge in [-0.25, -0.2) is 9.18 Å². The number of esters is 1. The lowest BCUT2D eigenvalue weighted by Crippen LogP contribution is -2.11. The summed E-state index contributed by atoms with van der Waals surface area (Å²) in [5, 5.41) is 9.22. The van der Waals surface area contributed by atoms with Crippen LogP contribution in [0.15, 0.2) is 54.7 Å². The van der Waals surface area contributed by atoms with Crippen molar-refractivity contribution in [2.75, 3.05) is 12.8 Å². The summed E-state index contributed by atoms with van der Waals surface area (Å²) < 4.78 is 25.4. The van der Waals surface area contributed by atoms with Crippen molar-refractivity contribution in [3.63, 3.8) is 0 Å². The molecule has 3 aromatic rings. The van der Waals surface area contributed by atoms with E-state index in [4.69, 9.17) is 15.2 Å². The number of nitrogens with two attached hydrogens (primary N) is 1. The fourth-order valence-electron chi connectivity index (χ4n) is 2.50. The summed E-state index contributed by atoms with van der Waals surface area (Å²) in [4.78, 5) is 12.1. The molecule has 26 heavy (non-hydrogen) atoms. The molecule has 1 heterocycles. The van der Waals surface area contributed by atoms with Crippen molar-refractivity contribution in [3.8, 4) is 23.3 Å². The van der Waals surface area contributed by atoms with Crippen LogP contribution in [0.5, 0.6) is 11.5 Å². The molecule has 6 nitrogen and oxygen atoms in total. The van der Waals surface area contributed by atoms with E-state index in [-0.39, 0.29) is 22.7 Å². The Morgan fingerprint density at radius 1 is 1.23 bits per heavy atom. The average Bonchev–Trinajstić information content (AvgIpc) is 2.98. The minimum Gasteiger partial charge on any atom is -0.464 e. The van der Waals surface area contributed by atoms with E-state index in [9.17, 15) is 14.4 Å². The van der Waals surface area contributed by atoms with Gasteiger partial charge in [0.05, 0.1) is 24.0 Å². The van der Waals surface area contributed by atoms with Gasteiger partial charge in [0.2, 0.25) is 0 Å². The van der Waals surface area contributed by atoms with Gasteiger partial charge in [0.25, 0.3) is 0 Å². The lowest BCUT2D eigenvalue weighted by atomic mass is 10.2. The van der Waals surface area contributed by atoms with Gasteiger partial charge in [-0.05, 0) is 24.3 Å². The number of methoxy groups -OCH3 is 1. The third kappa shape index (κ3) is 3.08. The SMILES string of the molecule is COC(=O)c1c(N)c(C#N)cn1-c1ccccc1Oc1cccc(F)c1. The third-order valence-electron chi connectivity index (χ3n) is 3.69. The highest BCUT2D eigenvalue weighted by Crippen LogP contribution is 2.32. The monoisotopic (exact) mass is 351 g/mol. The molecular formula is C19H14FN3O3. The van der Waals surface area contributed by atoms with Crippen LogP contribution in [0.25, 0.3) is 5.69 Å². The highest BCUT2D eigenvalue weighted by atomic mass is 19.1. The van der Waals surface area contributed by atoms with Gasteiger partial charge < -0.3 is 19.8 Å². The number of benzene rings is 2. The van der Waals surface area contributed by atoms with Crippen molar-refractivity contribution in [1.29, 1.82) is 5.26 Å². The first kappa shape index (κ1) is 17.0. The fraction of sp³-hybridized carbons (Fsp3) is 0.0526. The number of nitrogens with zero attached hydrogens (tertiary/aromatic N) is 2. The molecule has 0 saturated carbocycles. The molecule has 0 aliphatic carbocycles. The zero-order valence-corrected chi connectivity index (χ0v) is 13.8. The van der Waals surface area contributed by atoms with Crippen LogP contribution in [0.1, 0.15) is 16.1 Å². The van der Waals surface area contributed by atoms with Gasteiger partial charge in [-0.2, -0.15) is 5.26 Å². The van der Waals surface area contributed by atoms with Gasteiger partial charge in [-0.3, -0.25) is 0 Å². The molecule has 2 N–H and O–H groups in total. The molecule has 130 valence electrons. The number of nitrogen functional groups attached to an aromatic ring is 1. The number of nitriles is 1. The standard InChI is InChI=1S/C19H14FN3O3/c1-25-19(24)18-17(22)12(10-21)11-23(18)15-7-2-3-8-16(15)26-14-6-4-5-13(20)9-14/h2-9,11H,22H2,1H3. The first-order valence-electron chi connectivity index (χ1n) is 7.57. The number of ether oxygens (including phenoxy) is 2. The van der Waals surface area contributed by atoms with Crippen molar-refractivity contribution in [1.82, 2.24) is 4.57 Å². The molecule has 0 unspecified atom stereocenters. The van der Waals surface area contributed by atoms with Crippen LogP contribution in [0, 0.1) is 17.1 Å². The maximum Gasteiger partial charge on any atom is 0.357 e. The summed E-state index contributed by atoms with van der Waals surface area (Å²) in [6.07, 6.45) is 1.43. The molecule has 0 bridgehead atoms. The molecule has 3 rings (SSSR count). The van der Waals surface area contributed by atoms with E-state index in [1.54, 1.807) is 30.3 Å². The second kappa shape index (κ2) is 6.99. The van der Waals surface area contributed by atoms with E-state index in [0.717, 1.165) is 0 Å². The van der Waals surface area contributed by atoms with Crippen molar-refractivity contribution in [2.45, 2.75) is 0 Å². The number of carbonyl (C=O) groups excluding carboxylic acids is 1. The molecule has 7 heteroatoms. The van der Waals surface area contributed by atoms with Crippen molar-refractivity contribution in [3.05, 3.63) is 71.8 Å². The molecule has 0 aliphatic rings. The van der Waals surface area contributed by atoms with Crippen molar-refractivity contribution in [2.24, 2.45) is 0 Å². The number of halogens is 1. The highest BCUT2D eigenvalue weighted by molar-refractivity contribution is 5.96. The molecule has 0 fully saturated rings. The number of hydrogen-bond donors (Lipinski definition) is 1. The molecular weight excluding hydrogens is 337 g/mol. The lowest BCUT2D eigenvalue weighted by Gasteiger charge is -2.14. The normalized spacial score (nSPS) is 10.2. The minimum absolute atomic E-state index is 0.0133. The van der Waals surface area contributed by atoms with Crippen molar-refractivity contribution >= 4 is 11.7 Å². The topological polar surface area (TPSA) is 90.3 Å². The van der Waals surface area contributed by atoms with E-state index in [2.05, 4.69) is 0 Å². The number of carbonyl (C=O) groups is 1. The van der Waals surface area contributed by atoms with Gasteiger partial charge in [0.1, 0.15) is 17.6 Å². The number of anilines is 1. The Morgan fingerprint density at radius 3 is 2.69 bits per heavy atom. The van der Waals surface area contributed by atoms with Crippen LogP contribution < -0.4 is 10.5 Å². The molecule has 0 aliphatic heterocycles. The molecule has 1 aromatic heterocycles. The molecule has 0 radical (unpaired) electrons. The van der Waals surface area contributed by atoms with Crippen LogP contribution in [0.4, 0.5) is 10.1 Å². The van der Waals surface area contributed by atoms with Crippen LogP contribution >= 0.6 is 0 Å². The zero-order valence-electron chi connectivity index (χ0n) is 13.8. The predicted octanol–water partition coefficient (Wildman–Crippen LogP) is 3.65. The Labute approximate surface area is 148 Å². The number of hydrogen-bond acceptors (Lipinski definition) is 5. The first-order chi connectivity index (χ1) is 12.5. The van der Waals surface area contributed by atoms with E-state index >= 15 is 0 Å². The van der Waals surface area contributed by atoms with E-state index in [1.807, 2.05) is 6.07 Å². The maximum absolute atomic E-state index is 13.4. The number of aromatic nitrogens is 1. The molecule has 0 saturated heterocycles. The zero-order chi connectivity index (χ0) is 18.7. The van der Waals surface area contributed by atoms with Gasteiger partial charge in [-0.15, -0.1) is 0 Å². The Balaban J connectivity index is 2.14. The largest absolute Gasteiger partial charge is 0.464 e. The molecule has 2 aromatic carbocycles. The predicted molar refractivity (Wildman–Crippen MR) is 92.7 cm³/mol. The molecule has 0 amide bonds. The van der Waals surface area contributed by atoms with E-state index < -0.39 is 11.8 Å². The average molecular weight is 351 g/mol. The summed E-state index contributed by atoms with van der Waals surface area (Å²) in [5.41, 5.74) is 6.52. The van der Waals surface area contributed by atoms with Gasteiger partial charge in [-0.1, -0.05) is 18.2 Å². The Morgan fingerprint density at radius 2 is 2.00 bits per heavy atom. The van der Waals surface area contributed by atoms with Crippen LogP contribution in [0.2, 0.25) is 0 Å². The maximum atomic E-state index is 13.4. The fourth-order valence-corrected chi connectivity index (χ4v) is 2.50. The molecule has 0 atom stereocenters. The summed E-state index contributed by atoms with van der Waals surface area (Å²) >= 11 is 0. The van der Waals surface area contributed by atoms with Gasteiger partial charge in [0.15, 0.2) is 11.4 Å². The second-order valence-corrected chi connectivity index (χ2v) is 5.31. The first-order valence-corrected chi connectivity index (χ1v) is 7.57. The lowest BCUT2D eigenvalue weighted by molar-refractivity contribution is 0.0593. The summed E-state index contributed by atoms with van der Waals surface area (Å²) in [7, 11) is 1.22. The van der Waals surface area contributed by atoms with Crippen LogP contribution in [0.3, 0.4) is 0 Å². The second-order valence-electron chi connectivity index (χ2n) is 5.31. The number of rotatable bonds is 4. The van der Waals surface area contributed by atoms with E-state index in [0.29, 0.717) is 11.4 Å². The molecule has 0 spiro atoms. The Kier molecular flexibility index (Phi) is 4.58. The van der Waals surface area contributed by atoms with Crippen molar-refractivity contribution < 1.29 is 18.7 Å². The third-order valence-corrected chi connectivity index (χ3v) is 3.69. The summed E-state index contributed by atoms with van der Waals surface area (Å²) in [6.45, 7) is 0. The van der Waals surface area contributed by atoms with E-state index in [1.165, 1.54) is 36.1 Å². The van der Waals surface area contributed by atoms with Gasteiger partial charge in [0, 0.05) is 12.3 Å². The highest BCUT2D eigenvalue weighted by Gasteiger charge is 2.23. The van der Waals surface area contributed by atoms with Crippen LogP contribution in [-0.4, -0.2) is 17.6 Å². The quantitative estimate of drug-likeness (QED) is 0.725. The summed E-state index contributed by atoms with van der Waals surface area (Å²) in [5.74, 6) is -0.489. The number of para-hydroxylation sites is 2. The van der Waals surface area contributed by atoms with Gasteiger partial charge >= 0.3 is 5.97 Å². The minimum atomic E-state index is -0.690. The van der Waals surface area contributed by atoms with Crippen LogP contribution in [-0.2, 0) is 4.74 Å². The Bertz CT molecular complexity index is 1020.